The summed E-state index contributed by atoms with van der Waals surface area (Å²) >= 11 is 0. The Labute approximate surface area is 38.0 Å². The van der Waals surface area contributed by atoms with Crippen LogP contribution in [-0.4, -0.2) is 17.8 Å². The topological polar surface area (TPSA) is 47.9 Å². The smallest absolute Gasteiger partial charge is 0.102 e. The van der Waals surface area contributed by atoms with Gasteiger partial charge in [0.2, 0.25) is 0 Å². The average molecular weight is 90.1 g/mol. The Morgan fingerprint density at radius 1 is 1.83 bits per heavy atom. The zero-order valence-corrected chi connectivity index (χ0v) is 4.15. The third-order valence-electron chi connectivity index (χ3n) is 0.804. The highest BCUT2D eigenvalue weighted by Gasteiger charge is 1.94. The van der Waals surface area contributed by atoms with Gasteiger partial charge in [0.15, 0.2) is 0 Å². The van der Waals surface area contributed by atoms with Crippen LogP contribution in [0.4, 0.5) is 0 Å². The lowest BCUT2D eigenvalue weighted by Gasteiger charge is -1.95. The van der Waals surface area contributed by atoms with Crippen molar-refractivity contribution in [2.24, 2.45) is 0 Å². The quantitative estimate of drug-likeness (QED) is 0.449. The van der Waals surface area contributed by atoms with Crippen LogP contribution in [0.15, 0.2) is 0 Å². The minimum absolute atomic E-state index is 0.176. The molecule has 6 heavy (non-hydrogen) atoms. The van der Waals surface area contributed by atoms with E-state index in [1.165, 1.54) is 0 Å². The molecule has 0 fully saturated rings. The maximum absolute atomic E-state index is 8.60. The van der Waals surface area contributed by atoms with Crippen molar-refractivity contribution in [2.45, 2.75) is 19.4 Å². The van der Waals surface area contributed by atoms with Crippen LogP contribution in [0.3, 0.4) is 0 Å². The molecule has 0 spiro atoms. The Morgan fingerprint density at radius 3 is 2.33 bits per heavy atom. The fourth-order valence-corrected chi connectivity index (χ4v) is 0.204. The lowest BCUT2D eigenvalue weighted by molar-refractivity contribution is -0.383. The fraction of sp³-hybridized carbons (Fsp3) is 1.00. The molecule has 0 aliphatic heterocycles. The normalized spacial score (nSPS) is 14.5. The van der Waals surface area contributed by atoms with Crippen molar-refractivity contribution < 1.29 is 10.8 Å². The second-order valence-corrected chi connectivity index (χ2v) is 1.35. The highest BCUT2D eigenvalue weighted by Crippen LogP contribution is 1.80. The van der Waals surface area contributed by atoms with E-state index in [4.69, 9.17) is 5.11 Å². The SMILES string of the molecule is CC[C@H](O)C[NH3+]. The highest BCUT2D eigenvalue weighted by molar-refractivity contribution is 4.42. The van der Waals surface area contributed by atoms with Crippen molar-refractivity contribution in [2.75, 3.05) is 6.54 Å². The first-order chi connectivity index (χ1) is 2.81. The van der Waals surface area contributed by atoms with Crippen LogP contribution in [0.2, 0.25) is 0 Å². The molecular weight excluding hydrogens is 78.1 g/mol. The van der Waals surface area contributed by atoms with E-state index in [0.717, 1.165) is 6.42 Å². The van der Waals surface area contributed by atoms with Crippen molar-refractivity contribution in [1.29, 1.82) is 0 Å². The summed E-state index contributed by atoms with van der Waals surface area (Å²) in [5.41, 5.74) is 3.51. The number of hydrogen-bond acceptors (Lipinski definition) is 1. The first-order valence-corrected chi connectivity index (χ1v) is 2.28. The Hall–Kier alpha value is -0.0800. The van der Waals surface area contributed by atoms with Crippen LogP contribution in [-0.2, 0) is 0 Å². The minimum atomic E-state index is -0.176. The first kappa shape index (κ1) is 5.92. The summed E-state index contributed by atoms with van der Waals surface area (Å²) in [4.78, 5) is 0. The van der Waals surface area contributed by atoms with Gasteiger partial charge in [0.25, 0.3) is 0 Å². The summed E-state index contributed by atoms with van der Waals surface area (Å²) < 4.78 is 0. The second-order valence-electron chi connectivity index (χ2n) is 1.35. The Balaban J connectivity index is 2.75. The molecule has 1 atom stereocenters. The predicted octanol–water partition coefficient (Wildman–Crippen LogP) is -1.00. The third-order valence-corrected chi connectivity index (χ3v) is 0.804. The van der Waals surface area contributed by atoms with Gasteiger partial charge in [-0.2, -0.15) is 0 Å². The molecule has 0 saturated carbocycles. The molecule has 0 amide bonds. The summed E-state index contributed by atoms with van der Waals surface area (Å²) in [7, 11) is 0. The van der Waals surface area contributed by atoms with E-state index < -0.39 is 0 Å². The number of aliphatic hydroxyl groups excluding tert-OH is 1. The van der Waals surface area contributed by atoms with Crippen LogP contribution in [0.1, 0.15) is 13.3 Å². The standard InChI is InChI=1S/C4H11NO/c1-2-4(6)3-5/h4,6H,2-3,5H2,1H3/p+1/t4-/m0/s1. The molecule has 0 radical (unpaired) electrons. The van der Waals surface area contributed by atoms with Crippen molar-refractivity contribution in [3.8, 4) is 0 Å². The molecule has 0 rings (SSSR count). The molecule has 0 saturated heterocycles. The van der Waals surface area contributed by atoms with Gasteiger partial charge in [0, 0.05) is 0 Å². The Bertz CT molecular complexity index is 26.7. The van der Waals surface area contributed by atoms with Gasteiger partial charge in [0.05, 0.1) is 0 Å². The number of hydrogen-bond donors (Lipinski definition) is 2. The molecular formula is C4H12NO+. The molecule has 0 aromatic carbocycles. The summed E-state index contributed by atoms with van der Waals surface area (Å²) in [6, 6.07) is 0. The van der Waals surface area contributed by atoms with Crippen LogP contribution in [0.5, 0.6) is 0 Å². The summed E-state index contributed by atoms with van der Waals surface area (Å²) in [6.45, 7) is 2.58. The minimum Gasteiger partial charge on any atom is -0.387 e. The first-order valence-electron chi connectivity index (χ1n) is 2.28. The summed E-state index contributed by atoms with van der Waals surface area (Å²) in [6.07, 6.45) is 0.647. The maximum Gasteiger partial charge on any atom is 0.102 e. The lowest BCUT2D eigenvalue weighted by atomic mass is 10.3. The fourth-order valence-electron chi connectivity index (χ4n) is 0.204. The van der Waals surface area contributed by atoms with Crippen molar-refractivity contribution in [1.82, 2.24) is 0 Å². The molecule has 0 heterocycles. The Morgan fingerprint density at radius 2 is 2.33 bits per heavy atom. The van der Waals surface area contributed by atoms with E-state index in [1.807, 2.05) is 6.92 Å². The molecule has 0 aliphatic rings. The van der Waals surface area contributed by atoms with Gasteiger partial charge < -0.3 is 10.8 Å². The van der Waals surface area contributed by atoms with Gasteiger partial charge in [-0.15, -0.1) is 0 Å². The van der Waals surface area contributed by atoms with E-state index in [0.29, 0.717) is 6.54 Å². The zero-order valence-electron chi connectivity index (χ0n) is 4.15. The molecule has 38 valence electrons. The number of aliphatic hydroxyl groups is 1. The maximum atomic E-state index is 8.60. The average Bonchev–Trinajstić information content (AvgIpc) is 1.65. The van der Waals surface area contributed by atoms with E-state index in [9.17, 15) is 0 Å². The molecule has 0 aliphatic carbocycles. The van der Waals surface area contributed by atoms with Crippen LogP contribution in [0, 0.1) is 0 Å². The number of rotatable bonds is 2. The van der Waals surface area contributed by atoms with Crippen molar-refractivity contribution in [3.05, 3.63) is 0 Å². The van der Waals surface area contributed by atoms with E-state index in [2.05, 4.69) is 5.73 Å². The zero-order chi connectivity index (χ0) is 4.99. The van der Waals surface area contributed by atoms with Gasteiger partial charge >= 0.3 is 0 Å². The molecule has 4 N–H and O–H groups in total. The monoisotopic (exact) mass is 90.1 g/mol. The van der Waals surface area contributed by atoms with E-state index >= 15 is 0 Å². The molecule has 0 unspecified atom stereocenters. The Kier molecular flexibility index (Phi) is 3.08. The van der Waals surface area contributed by atoms with E-state index in [1.54, 1.807) is 0 Å². The molecule has 0 bridgehead atoms. The molecule has 2 nitrogen and oxygen atoms in total. The predicted molar refractivity (Wildman–Crippen MR) is 24.1 cm³/mol. The highest BCUT2D eigenvalue weighted by atomic mass is 16.3. The van der Waals surface area contributed by atoms with Gasteiger partial charge in [-0.25, -0.2) is 0 Å². The van der Waals surface area contributed by atoms with Gasteiger partial charge in [-0.05, 0) is 6.42 Å². The largest absolute Gasteiger partial charge is 0.387 e. The molecule has 2 heteroatoms. The second kappa shape index (κ2) is 3.12. The molecule has 0 aromatic rings. The third kappa shape index (κ3) is 2.18. The van der Waals surface area contributed by atoms with Crippen LogP contribution < -0.4 is 5.73 Å². The number of quaternary nitrogens is 1. The van der Waals surface area contributed by atoms with Crippen molar-refractivity contribution in [3.63, 3.8) is 0 Å². The summed E-state index contributed by atoms with van der Waals surface area (Å²) in [5, 5.41) is 8.60. The van der Waals surface area contributed by atoms with Gasteiger partial charge in [0.1, 0.15) is 12.6 Å². The van der Waals surface area contributed by atoms with Gasteiger partial charge in [-0.1, -0.05) is 6.92 Å². The van der Waals surface area contributed by atoms with Gasteiger partial charge in [-0.3, -0.25) is 0 Å². The van der Waals surface area contributed by atoms with Crippen LogP contribution in [0.25, 0.3) is 0 Å². The molecule has 0 aromatic heterocycles. The van der Waals surface area contributed by atoms with Crippen molar-refractivity contribution >= 4 is 0 Å². The summed E-state index contributed by atoms with van der Waals surface area (Å²) in [5.74, 6) is 0. The van der Waals surface area contributed by atoms with E-state index in [-0.39, 0.29) is 6.10 Å². The lowest BCUT2D eigenvalue weighted by Crippen LogP contribution is -2.55. The van der Waals surface area contributed by atoms with Crippen LogP contribution >= 0.6 is 0 Å².